The van der Waals surface area contributed by atoms with Crippen molar-refractivity contribution >= 4 is 5.91 Å². The van der Waals surface area contributed by atoms with Crippen molar-refractivity contribution in [2.24, 2.45) is 5.73 Å². The second-order valence-corrected chi connectivity index (χ2v) is 3.12. The molecule has 0 aliphatic heterocycles. The summed E-state index contributed by atoms with van der Waals surface area (Å²) >= 11 is 0. The Kier molecular flexibility index (Phi) is 3.50. The standard InChI is InChI=1S/C10H10F3NO3/c1-16-6-3-5(10(11,12)13)4-7(17-2)8(6)9(14)15/h3-4H,1-2H3,(H2,14,15). The Hall–Kier alpha value is -1.92. The molecule has 0 saturated carbocycles. The van der Waals surface area contributed by atoms with E-state index in [1.165, 1.54) is 0 Å². The van der Waals surface area contributed by atoms with Crippen molar-refractivity contribution < 1.29 is 27.4 Å². The van der Waals surface area contributed by atoms with Crippen molar-refractivity contribution in [1.29, 1.82) is 0 Å². The molecule has 0 unspecified atom stereocenters. The van der Waals surface area contributed by atoms with Gasteiger partial charge >= 0.3 is 6.18 Å². The third-order valence-electron chi connectivity index (χ3n) is 2.08. The maximum Gasteiger partial charge on any atom is 0.416 e. The second kappa shape index (κ2) is 4.52. The summed E-state index contributed by atoms with van der Waals surface area (Å²) in [5.74, 6) is -1.47. The van der Waals surface area contributed by atoms with Crippen LogP contribution in [0.1, 0.15) is 15.9 Å². The Morgan fingerprint density at radius 1 is 1.18 bits per heavy atom. The number of hydrogen-bond acceptors (Lipinski definition) is 3. The van der Waals surface area contributed by atoms with E-state index in [2.05, 4.69) is 0 Å². The largest absolute Gasteiger partial charge is 0.496 e. The van der Waals surface area contributed by atoms with Crippen LogP contribution in [0.25, 0.3) is 0 Å². The average molecular weight is 249 g/mol. The van der Waals surface area contributed by atoms with Crippen molar-refractivity contribution in [1.82, 2.24) is 0 Å². The van der Waals surface area contributed by atoms with E-state index >= 15 is 0 Å². The molecule has 1 rings (SSSR count). The first kappa shape index (κ1) is 13.1. The quantitative estimate of drug-likeness (QED) is 0.888. The fraction of sp³-hybridized carbons (Fsp3) is 0.300. The van der Waals surface area contributed by atoms with Gasteiger partial charge < -0.3 is 15.2 Å². The number of methoxy groups -OCH3 is 2. The molecule has 1 amide bonds. The van der Waals surface area contributed by atoms with E-state index in [1.807, 2.05) is 0 Å². The number of carbonyl (C=O) groups excluding carboxylic acids is 1. The van der Waals surface area contributed by atoms with E-state index in [0.29, 0.717) is 12.1 Å². The number of carbonyl (C=O) groups is 1. The third kappa shape index (κ3) is 2.61. The molecule has 17 heavy (non-hydrogen) atoms. The molecular formula is C10H10F3NO3. The lowest BCUT2D eigenvalue weighted by atomic mass is 10.1. The fourth-order valence-electron chi connectivity index (χ4n) is 1.32. The van der Waals surface area contributed by atoms with Gasteiger partial charge in [-0.2, -0.15) is 13.2 Å². The lowest BCUT2D eigenvalue weighted by molar-refractivity contribution is -0.137. The van der Waals surface area contributed by atoms with Crippen LogP contribution in [0.3, 0.4) is 0 Å². The number of hydrogen-bond donors (Lipinski definition) is 1. The minimum absolute atomic E-state index is 0.219. The fourth-order valence-corrected chi connectivity index (χ4v) is 1.32. The van der Waals surface area contributed by atoms with Gasteiger partial charge in [-0.25, -0.2) is 0 Å². The summed E-state index contributed by atoms with van der Waals surface area (Å²) in [4.78, 5) is 11.1. The van der Waals surface area contributed by atoms with Gasteiger partial charge in [-0.15, -0.1) is 0 Å². The summed E-state index contributed by atoms with van der Waals surface area (Å²) in [5.41, 5.74) is 3.85. The van der Waals surface area contributed by atoms with Crippen LogP contribution in [0.2, 0.25) is 0 Å². The Labute approximate surface area is 95.1 Å². The molecular weight excluding hydrogens is 239 g/mol. The Morgan fingerprint density at radius 3 is 1.82 bits per heavy atom. The first-order valence-electron chi connectivity index (χ1n) is 4.44. The van der Waals surface area contributed by atoms with Crippen molar-refractivity contribution in [3.05, 3.63) is 23.3 Å². The molecule has 2 N–H and O–H groups in total. The Balaban J connectivity index is 3.50. The summed E-state index contributed by atoms with van der Waals surface area (Å²) in [6.07, 6.45) is -4.56. The van der Waals surface area contributed by atoms with Gasteiger partial charge in [-0.3, -0.25) is 4.79 Å². The maximum atomic E-state index is 12.5. The van der Waals surface area contributed by atoms with Crippen molar-refractivity contribution in [2.45, 2.75) is 6.18 Å². The number of nitrogens with two attached hydrogens (primary N) is 1. The van der Waals surface area contributed by atoms with Crippen LogP contribution in [0, 0.1) is 0 Å². The highest BCUT2D eigenvalue weighted by Crippen LogP contribution is 2.37. The third-order valence-corrected chi connectivity index (χ3v) is 2.08. The van der Waals surface area contributed by atoms with E-state index in [0.717, 1.165) is 14.2 Å². The summed E-state index contributed by atoms with van der Waals surface area (Å²) in [6, 6.07) is 1.39. The van der Waals surface area contributed by atoms with Gasteiger partial charge in [0.1, 0.15) is 17.1 Å². The SMILES string of the molecule is COc1cc(C(F)(F)F)cc(OC)c1C(N)=O. The Bertz CT molecular complexity index is 418. The van der Waals surface area contributed by atoms with Gasteiger partial charge in [0.25, 0.3) is 5.91 Å². The first-order valence-corrected chi connectivity index (χ1v) is 4.44. The molecule has 0 aliphatic carbocycles. The molecule has 0 atom stereocenters. The molecule has 0 bridgehead atoms. The van der Waals surface area contributed by atoms with E-state index in [1.54, 1.807) is 0 Å². The van der Waals surface area contributed by atoms with Gasteiger partial charge in [-0.1, -0.05) is 0 Å². The molecule has 1 aromatic carbocycles. The summed E-state index contributed by atoms with van der Waals surface area (Å²) in [5, 5.41) is 0. The van der Waals surface area contributed by atoms with Crippen LogP contribution in [-0.2, 0) is 6.18 Å². The van der Waals surface area contributed by atoms with Gasteiger partial charge in [0.05, 0.1) is 19.8 Å². The van der Waals surface area contributed by atoms with Crippen LogP contribution in [0.15, 0.2) is 12.1 Å². The molecule has 1 aromatic rings. The lowest BCUT2D eigenvalue weighted by Gasteiger charge is -2.14. The summed E-state index contributed by atoms with van der Waals surface area (Å²) in [6.45, 7) is 0. The molecule has 0 heterocycles. The second-order valence-electron chi connectivity index (χ2n) is 3.12. The van der Waals surface area contributed by atoms with Crippen molar-refractivity contribution in [3.8, 4) is 11.5 Å². The number of ether oxygens (including phenoxy) is 2. The Morgan fingerprint density at radius 2 is 1.59 bits per heavy atom. The van der Waals surface area contributed by atoms with Crippen molar-refractivity contribution in [3.63, 3.8) is 0 Å². The van der Waals surface area contributed by atoms with Crippen LogP contribution in [-0.4, -0.2) is 20.1 Å². The minimum atomic E-state index is -4.56. The normalized spacial score (nSPS) is 11.1. The minimum Gasteiger partial charge on any atom is -0.496 e. The highest BCUT2D eigenvalue weighted by molar-refractivity contribution is 5.98. The first-order chi connectivity index (χ1) is 7.81. The smallest absolute Gasteiger partial charge is 0.416 e. The molecule has 4 nitrogen and oxygen atoms in total. The van der Waals surface area contributed by atoms with Gasteiger partial charge in [0, 0.05) is 0 Å². The average Bonchev–Trinajstić information content (AvgIpc) is 2.25. The van der Waals surface area contributed by atoms with Crippen LogP contribution in [0.4, 0.5) is 13.2 Å². The van der Waals surface area contributed by atoms with E-state index in [4.69, 9.17) is 15.2 Å². The van der Waals surface area contributed by atoms with Crippen molar-refractivity contribution in [2.75, 3.05) is 14.2 Å². The highest BCUT2D eigenvalue weighted by Gasteiger charge is 2.33. The molecule has 0 aromatic heterocycles. The van der Waals surface area contributed by atoms with Gasteiger partial charge in [0.15, 0.2) is 0 Å². The maximum absolute atomic E-state index is 12.5. The zero-order chi connectivity index (χ0) is 13.2. The molecule has 0 radical (unpaired) electrons. The number of benzene rings is 1. The van der Waals surface area contributed by atoms with Gasteiger partial charge in [0.2, 0.25) is 0 Å². The van der Waals surface area contributed by atoms with E-state index in [9.17, 15) is 18.0 Å². The zero-order valence-electron chi connectivity index (χ0n) is 9.09. The van der Waals surface area contributed by atoms with E-state index in [-0.39, 0.29) is 17.1 Å². The predicted molar refractivity (Wildman–Crippen MR) is 53.1 cm³/mol. The summed E-state index contributed by atoms with van der Waals surface area (Å²) in [7, 11) is 2.28. The van der Waals surface area contributed by atoms with Crippen LogP contribution < -0.4 is 15.2 Å². The number of primary amides is 1. The lowest BCUT2D eigenvalue weighted by Crippen LogP contribution is -2.16. The molecule has 0 fully saturated rings. The molecule has 94 valence electrons. The highest BCUT2D eigenvalue weighted by atomic mass is 19.4. The van der Waals surface area contributed by atoms with E-state index < -0.39 is 17.6 Å². The van der Waals surface area contributed by atoms with Gasteiger partial charge in [-0.05, 0) is 12.1 Å². The predicted octanol–water partition coefficient (Wildman–Crippen LogP) is 1.82. The monoisotopic (exact) mass is 249 g/mol. The summed E-state index contributed by atoms with van der Waals surface area (Å²) < 4.78 is 47.0. The molecule has 0 spiro atoms. The number of amides is 1. The topological polar surface area (TPSA) is 61.6 Å². The van der Waals surface area contributed by atoms with Crippen LogP contribution >= 0.6 is 0 Å². The van der Waals surface area contributed by atoms with Crippen LogP contribution in [0.5, 0.6) is 11.5 Å². The molecule has 0 aliphatic rings. The zero-order valence-corrected chi connectivity index (χ0v) is 9.09. The number of rotatable bonds is 3. The number of alkyl halides is 3. The molecule has 0 saturated heterocycles. The molecule has 7 heteroatoms. The number of halogens is 3.